The van der Waals surface area contributed by atoms with E-state index in [9.17, 15) is 14.4 Å². The molecule has 1 fully saturated rings. The van der Waals surface area contributed by atoms with Crippen molar-refractivity contribution < 1.29 is 14.4 Å². The first kappa shape index (κ1) is 15.6. The van der Waals surface area contributed by atoms with Gasteiger partial charge in [0.2, 0.25) is 5.91 Å². The van der Waals surface area contributed by atoms with Gasteiger partial charge in [-0.25, -0.2) is 0 Å². The van der Waals surface area contributed by atoms with Crippen LogP contribution in [0.25, 0.3) is 0 Å². The molecule has 6 nitrogen and oxygen atoms in total. The first-order valence-corrected chi connectivity index (χ1v) is 6.87. The standard InChI is InChI=1S/C13H23N3O3/c1-3-4-9-16(2)13(19)12(18)15-11(17)10-5-7-14-8-6-10/h10,14H,3-9H2,1-2H3,(H,15,17,18). The minimum absolute atomic E-state index is 0.168. The molecule has 1 aliphatic rings. The summed E-state index contributed by atoms with van der Waals surface area (Å²) in [4.78, 5) is 36.6. The lowest BCUT2D eigenvalue weighted by Crippen LogP contribution is -2.47. The molecule has 0 aliphatic carbocycles. The van der Waals surface area contributed by atoms with Gasteiger partial charge < -0.3 is 10.2 Å². The number of unbranched alkanes of at least 4 members (excludes halogenated alkanes) is 1. The zero-order chi connectivity index (χ0) is 14.3. The Bertz CT molecular complexity index is 338. The minimum atomic E-state index is -0.817. The maximum Gasteiger partial charge on any atom is 0.316 e. The normalized spacial score (nSPS) is 15.9. The van der Waals surface area contributed by atoms with E-state index in [-0.39, 0.29) is 11.8 Å². The minimum Gasteiger partial charge on any atom is -0.338 e. The van der Waals surface area contributed by atoms with Crippen molar-refractivity contribution in [3.05, 3.63) is 0 Å². The number of hydrogen-bond donors (Lipinski definition) is 2. The van der Waals surface area contributed by atoms with Gasteiger partial charge in [0.25, 0.3) is 0 Å². The topological polar surface area (TPSA) is 78.5 Å². The molecule has 0 aromatic rings. The van der Waals surface area contributed by atoms with Gasteiger partial charge in [-0.3, -0.25) is 19.7 Å². The van der Waals surface area contributed by atoms with Crippen LogP contribution in [0.3, 0.4) is 0 Å². The van der Waals surface area contributed by atoms with E-state index >= 15 is 0 Å². The molecule has 0 saturated carbocycles. The summed E-state index contributed by atoms with van der Waals surface area (Å²) in [6, 6.07) is 0. The highest BCUT2D eigenvalue weighted by Crippen LogP contribution is 2.11. The Labute approximate surface area is 113 Å². The molecule has 19 heavy (non-hydrogen) atoms. The monoisotopic (exact) mass is 269 g/mol. The van der Waals surface area contributed by atoms with Gasteiger partial charge in [0, 0.05) is 19.5 Å². The van der Waals surface area contributed by atoms with E-state index in [0.717, 1.165) is 25.9 Å². The van der Waals surface area contributed by atoms with Crippen molar-refractivity contribution in [2.24, 2.45) is 5.92 Å². The van der Waals surface area contributed by atoms with Crippen molar-refractivity contribution in [3.63, 3.8) is 0 Å². The van der Waals surface area contributed by atoms with Crippen molar-refractivity contribution in [1.29, 1.82) is 0 Å². The van der Waals surface area contributed by atoms with Crippen molar-refractivity contribution >= 4 is 17.7 Å². The Balaban J connectivity index is 2.40. The first-order valence-electron chi connectivity index (χ1n) is 6.87. The second-order valence-electron chi connectivity index (χ2n) is 4.92. The van der Waals surface area contributed by atoms with Crippen LogP contribution in [0.2, 0.25) is 0 Å². The molecule has 0 atom stereocenters. The first-order chi connectivity index (χ1) is 9.06. The summed E-state index contributed by atoms with van der Waals surface area (Å²) in [6.07, 6.45) is 3.21. The Morgan fingerprint density at radius 2 is 1.89 bits per heavy atom. The summed E-state index contributed by atoms with van der Waals surface area (Å²) in [7, 11) is 1.58. The van der Waals surface area contributed by atoms with Crippen LogP contribution in [0, 0.1) is 5.92 Å². The number of carbonyl (C=O) groups is 3. The number of nitrogens with zero attached hydrogens (tertiary/aromatic N) is 1. The van der Waals surface area contributed by atoms with Gasteiger partial charge in [-0.05, 0) is 32.4 Å². The third-order valence-electron chi connectivity index (χ3n) is 3.33. The zero-order valence-electron chi connectivity index (χ0n) is 11.7. The quantitative estimate of drug-likeness (QED) is 0.698. The van der Waals surface area contributed by atoms with Crippen LogP contribution < -0.4 is 10.6 Å². The molecule has 0 unspecified atom stereocenters. The van der Waals surface area contributed by atoms with Crippen LogP contribution in [-0.4, -0.2) is 49.3 Å². The van der Waals surface area contributed by atoms with Crippen LogP contribution in [0.4, 0.5) is 0 Å². The lowest BCUT2D eigenvalue weighted by atomic mass is 9.97. The van der Waals surface area contributed by atoms with Crippen molar-refractivity contribution in [2.75, 3.05) is 26.7 Å². The fraction of sp³-hybridized carbons (Fsp3) is 0.769. The van der Waals surface area contributed by atoms with Crippen molar-refractivity contribution in [2.45, 2.75) is 32.6 Å². The summed E-state index contributed by atoms with van der Waals surface area (Å²) < 4.78 is 0. The molecule has 3 amide bonds. The van der Waals surface area contributed by atoms with Crippen LogP contribution in [0.15, 0.2) is 0 Å². The molecule has 0 aromatic carbocycles. The molecule has 1 heterocycles. The second-order valence-corrected chi connectivity index (χ2v) is 4.92. The van der Waals surface area contributed by atoms with Gasteiger partial charge in [-0.1, -0.05) is 13.3 Å². The largest absolute Gasteiger partial charge is 0.338 e. The molecule has 1 saturated heterocycles. The van der Waals surface area contributed by atoms with Crippen LogP contribution in [0.1, 0.15) is 32.6 Å². The average Bonchev–Trinajstić information content (AvgIpc) is 2.44. The molecule has 0 aromatic heterocycles. The highest BCUT2D eigenvalue weighted by atomic mass is 16.2. The van der Waals surface area contributed by atoms with Crippen LogP contribution in [-0.2, 0) is 14.4 Å². The highest BCUT2D eigenvalue weighted by molar-refractivity contribution is 6.37. The molecule has 6 heteroatoms. The smallest absolute Gasteiger partial charge is 0.316 e. The SMILES string of the molecule is CCCCN(C)C(=O)C(=O)NC(=O)C1CCNCC1. The van der Waals surface area contributed by atoms with E-state index in [4.69, 9.17) is 0 Å². The molecule has 108 valence electrons. The van der Waals surface area contributed by atoms with Gasteiger partial charge in [0.1, 0.15) is 0 Å². The fourth-order valence-electron chi connectivity index (χ4n) is 2.02. The van der Waals surface area contributed by atoms with E-state index in [2.05, 4.69) is 10.6 Å². The molecule has 1 aliphatic heterocycles. The Hall–Kier alpha value is -1.43. The molecule has 0 spiro atoms. The van der Waals surface area contributed by atoms with Crippen LogP contribution >= 0.6 is 0 Å². The summed E-state index contributed by atoms with van der Waals surface area (Å²) >= 11 is 0. The Kier molecular flexibility index (Phi) is 6.49. The van der Waals surface area contributed by atoms with Crippen molar-refractivity contribution in [3.8, 4) is 0 Å². The lowest BCUT2D eigenvalue weighted by Gasteiger charge is -2.22. The van der Waals surface area contributed by atoms with E-state index in [1.165, 1.54) is 4.90 Å². The number of carbonyl (C=O) groups excluding carboxylic acids is 3. The predicted molar refractivity (Wildman–Crippen MR) is 71.3 cm³/mol. The molecule has 1 rings (SSSR count). The number of imide groups is 1. The van der Waals surface area contributed by atoms with E-state index in [1.54, 1.807) is 7.05 Å². The van der Waals surface area contributed by atoms with Crippen LogP contribution in [0.5, 0.6) is 0 Å². The Morgan fingerprint density at radius 1 is 1.26 bits per heavy atom. The highest BCUT2D eigenvalue weighted by Gasteiger charge is 2.26. The average molecular weight is 269 g/mol. The number of likely N-dealkylation sites (N-methyl/N-ethyl adjacent to an activating group) is 1. The van der Waals surface area contributed by atoms with E-state index < -0.39 is 11.8 Å². The third kappa shape index (κ3) is 4.98. The fourth-order valence-corrected chi connectivity index (χ4v) is 2.02. The second kappa shape index (κ2) is 7.89. The number of piperidine rings is 1. The number of nitrogens with one attached hydrogen (secondary N) is 2. The summed E-state index contributed by atoms with van der Waals surface area (Å²) in [6.45, 7) is 4.09. The maximum atomic E-state index is 11.8. The molecule has 0 bridgehead atoms. The van der Waals surface area contributed by atoms with Gasteiger partial charge in [-0.15, -0.1) is 0 Å². The van der Waals surface area contributed by atoms with E-state index in [1.807, 2.05) is 6.92 Å². The lowest BCUT2D eigenvalue weighted by molar-refractivity contribution is -0.147. The molecular weight excluding hydrogens is 246 g/mol. The van der Waals surface area contributed by atoms with Crippen molar-refractivity contribution in [1.82, 2.24) is 15.5 Å². The van der Waals surface area contributed by atoms with Gasteiger partial charge in [0.15, 0.2) is 0 Å². The summed E-state index contributed by atoms with van der Waals surface area (Å²) in [5.74, 6) is -1.96. The number of rotatable bonds is 4. The molecule has 2 N–H and O–H groups in total. The van der Waals surface area contributed by atoms with Gasteiger partial charge in [0.05, 0.1) is 0 Å². The molecular formula is C13H23N3O3. The number of hydrogen-bond acceptors (Lipinski definition) is 4. The van der Waals surface area contributed by atoms with E-state index in [0.29, 0.717) is 19.4 Å². The third-order valence-corrected chi connectivity index (χ3v) is 3.33. The zero-order valence-corrected chi connectivity index (χ0v) is 11.7. The number of amides is 3. The summed E-state index contributed by atoms with van der Waals surface area (Å²) in [5, 5.41) is 5.36. The Morgan fingerprint density at radius 3 is 2.47 bits per heavy atom. The summed E-state index contributed by atoms with van der Waals surface area (Å²) in [5.41, 5.74) is 0. The predicted octanol–water partition coefficient (Wildman–Crippen LogP) is -0.113. The van der Waals surface area contributed by atoms with Gasteiger partial charge >= 0.3 is 11.8 Å². The molecule has 0 radical (unpaired) electrons. The maximum absolute atomic E-state index is 11.8. The van der Waals surface area contributed by atoms with Gasteiger partial charge in [-0.2, -0.15) is 0 Å².